The van der Waals surface area contributed by atoms with E-state index in [-0.39, 0.29) is 18.3 Å². The van der Waals surface area contributed by atoms with Crippen LogP contribution in [-0.2, 0) is 0 Å². The second-order valence-electron chi connectivity index (χ2n) is 3.98. The molecule has 2 rings (SSSR count). The lowest BCUT2D eigenvalue weighted by molar-refractivity contribution is 0.0963. The van der Waals surface area contributed by atoms with E-state index in [9.17, 15) is 4.79 Å². The third-order valence-corrected chi connectivity index (χ3v) is 3.22. The van der Waals surface area contributed by atoms with Crippen LogP contribution in [0.4, 0.5) is 5.69 Å². The molecule has 1 saturated heterocycles. The van der Waals surface area contributed by atoms with E-state index in [1.807, 2.05) is 12.1 Å². The highest BCUT2D eigenvalue weighted by molar-refractivity contribution is 6.34. The Morgan fingerprint density at radius 2 is 2.06 bits per heavy atom. The largest absolute Gasteiger partial charge is 0.369 e. The Labute approximate surface area is 118 Å². The van der Waals surface area contributed by atoms with Gasteiger partial charge in [-0.25, -0.2) is 0 Å². The molecule has 1 aromatic rings. The van der Waals surface area contributed by atoms with E-state index < -0.39 is 0 Å². The molecule has 1 heterocycles. The second-order valence-corrected chi connectivity index (χ2v) is 4.39. The summed E-state index contributed by atoms with van der Waals surface area (Å²) in [4.78, 5) is 13.8. The zero-order chi connectivity index (χ0) is 12.3. The number of piperazine rings is 1. The van der Waals surface area contributed by atoms with Crippen molar-refractivity contribution in [3.63, 3.8) is 0 Å². The smallest absolute Gasteiger partial charge is 0.252 e. The van der Waals surface area contributed by atoms with Crippen LogP contribution >= 0.6 is 24.0 Å². The zero-order valence-corrected chi connectivity index (χ0v) is 11.8. The molecule has 0 spiro atoms. The SMILES string of the molecule is CNC(=O)c1ccc(N2CCNCC2)cc1Cl.Cl. The first kappa shape index (κ1) is 15.1. The minimum atomic E-state index is -0.151. The molecule has 4 nitrogen and oxygen atoms in total. The molecule has 0 aromatic heterocycles. The summed E-state index contributed by atoms with van der Waals surface area (Å²) in [6.07, 6.45) is 0. The van der Waals surface area contributed by atoms with Crippen molar-refractivity contribution in [3.8, 4) is 0 Å². The number of anilines is 1. The normalized spacial score (nSPS) is 14.9. The Hall–Kier alpha value is -0.970. The number of halogens is 2. The Balaban J connectivity index is 0.00000162. The van der Waals surface area contributed by atoms with E-state index >= 15 is 0 Å². The summed E-state index contributed by atoms with van der Waals surface area (Å²) in [6, 6.07) is 5.58. The van der Waals surface area contributed by atoms with Gasteiger partial charge in [-0.3, -0.25) is 4.79 Å². The average Bonchev–Trinajstić information content (AvgIpc) is 2.39. The van der Waals surface area contributed by atoms with E-state index in [0.29, 0.717) is 10.6 Å². The number of carbonyl (C=O) groups excluding carboxylic acids is 1. The summed E-state index contributed by atoms with van der Waals surface area (Å²) < 4.78 is 0. The molecule has 1 aliphatic rings. The lowest BCUT2D eigenvalue weighted by Crippen LogP contribution is -2.43. The van der Waals surface area contributed by atoms with Crippen LogP contribution in [-0.4, -0.2) is 39.1 Å². The average molecular weight is 290 g/mol. The van der Waals surface area contributed by atoms with Gasteiger partial charge in [0.1, 0.15) is 0 Å². The molecule has 0 radical (unpaired) electrons. The van der Waals surface area contributed by atoms with E-state index in [4.69, 9.17) is 11.6 Å². The van der Waals surface area contributed by atoms with Crippen LogP contribution in [0.2, 0.25) is 5.02 Å². The molecule has 0 aliphatic carbocycles. The third-order valence-electron chi connectivity index (χ3n) is 2.91. The van der Waals surface area contributed by atoms with Gasteiger partial charge in [0.2, 0.25) is 0 Å². The highest BCUT2D eigenvalue weighted by Crippen LogP contribution is 2.24. The lowest BCUT2D eigenvalue weighted by atomic mass is 10.1. The van der Waals surface area contributed by atoms with Crippen LogP contribution in [0.3, 0.4) is 0 Å². The van der Waals surface area contributed by atoms with Crippen molar-refractivity contribution in [3.05, 3.63) is 28.8 Å². The quantitative estimate of drug-likeness (QED) is 0.868. The van der Waals surface area contributed by atoms with E-state index in [1.165, 1.54) is 0 Å². The van der Waals surface area contributed by atoms with E-state index in [1.54, 1.807) is 13.1 Å². The van der Waals surface area contributed by atoms with Crippen molar-refractivity contribution in [2.24, 2.45) is 0 Å². The monoisotopic (exact) mass is 289 g/mol. The van der Waals surface area contributed by atoms with Crippen LogP contribution in [0, 0.1) is 0 Å². The maximum Gasteiger partial charge on any atom is 0.252 e. The summed E-state index contributed by atoms with van der Waals surface area (Å²) >= 11 is 6.12. The van der Waals surface area contributed by atoms with Gasteiger partial charge >= 0.3 is 0 Å². The van der Waals surface area contributed by atoms with Crippen molar-refractivity contribution < 1.29 is 4.79 Å². The Morgan fingerprint density at radius 3 is 2.61 bits per heavy atom. The van der Waals surface area contributed by atoms with Gasteiger partial charge in [-0.05, 0) is 18.2 Å². The Bertz CT molecular complexity index is 420. The minimum absolute atomic E-state index is 0. The Kier molecular flexibility index (Phi) is 5.72. The summed E-state index contributed by atoms with van der Waals surface area (Å²) in [5.41, 5.74) is 1.59. The fraction of sp³-hybridized carbons (Fsp3) is 0.417. The third kappa shape index (κ3) is 3.28. The van der Waals surface area contributed by atoms with Crippen molar-refractivity contribution in [2.45, 2.75) is 0 Å². The highest BCUT2D eigenvalue weighted by atomic mass is 35.5. The van der Waals surface area contributed by atoms with Crippen LogP contribution in [0.5, 0.6) is 0 Å². The number of rotatable bonds is 2. The molecule has 2 N–H and O–H groups in total. The summed E-state index contributed by atoms with van der Waals surface area (Å²) in [5.74, 6) is -0.151. The van der Waals surface area contributed by atoms with Crippen LogP contribution in [0.1, 0.15) is 10.4 Å². The topological polar surface area (TPSA) is 44.4 Å². The fourth-order valence-electron chi connectivity index (χ4n) is 1.94. The molecule has 18 heavy (non-hydrogen) atoms. The lowest BCUT2D eigenvalue weighted by Gasteiger charge is -2.29. The molecular weight excluding hydrogens is 273 g/mol. The summed E-state index contributed by atoms with van der Waals surface area (Å²) in [6.45, 7) is 3.90. The van der Waals surface area contributed by atoms with E-state index in [2.05, 4.69) is 15.5 Å². The number of amides is 1. The first-order valence-corrected chi connectivity index (χ1v) is 6.07. The van der Waals surface area contributed by atoms with Gasteiger partial charge < -0.3 is 15.5 Å². The predicted octanol–water partition coefficient (Wildman–Crippen LogP) is 1.53. The summed E-state index contributed by atoms with van der Waals surface area (Å²) in [5, 5.41) is 6.37. The van der Waals surface area contributed by atoms with E-state index in [0.717, 1.165) is 31.9 Å². The molecule has 1 aromatic carbocycles. The number of carbonyl (C=O) groups is 1. The molecule has 0 atom stereocenters. The van der Waals surface area contributed by atoms with Gasteiger partial charge in [0.15, 0.2) is 0 Å². The molecule has 1 fully saturated rings. The fourth-order valence-corrected chi connectivity index (χ4v) is 2.20. The van der Waals surface area contributed by atoms with Gasteiger partial charge in [-0.1, -0.05) is 11.6 Å². The van der Waals surface area contributed by atoms with Gasteiger partial charge in [-0.2, -0.15) is 0 Å². The maximum absolute atomic E-state index is 11.5. The number of hydrogen-bond acceptors (Lipinski definition) is 3. The van der Waals surface area contributed by atoms with Gasteiger partial charge in [0, 0.05) is 38.9 Å². The maximum atomic E-state index is 11.5. The number of nitrogens with zero attached hydrogens (tertiary/aromatic N) is 1. The van der Waals surface area contributed by atoms with Crippen molar-refractivity contribution in [1.29, 1.82) is 0 Å². The van der Waals surface area contributed by atoms with Crippen molar-refractivity contribution >= 4 is 35.6 Å². The molecule has 0 saturated carbocycles. The number of nitrogens with one attached hydrogen (secondary N) is 2. The van der Waals surface area contributed by atoms with Gasteiger partial charge in [0.25, 0.3) is 5.91 Å². The van der Waals surface area contributed by atoms with Crippen LogP contribution < -0.4 is 15.5 Å². The predicted molar refractivity (Wildman–Crippen MR) is 77.2 cm³/mol. The van der Waals surface area contributed by atoms with Crippen molar-refractivity contribution in [2.75, 3.05) is 38.1 Å². The van der Waals surface area contributed by atoms with Gasteiger partial charge in [0.05, 0.1) is 10.6 Å². The molecule has 0 unspecified atom stereocenters. The summed E-state index contributed by atoms with van der Waals surface area (Å²) in [7, 11) is 1.60. The molecule has 0 bridgehead atoms. The molecule has 100 valence electrons. The van der Waals surface area contributed by atoms with Crippen LogP contribution in [0.15, 0.2) is 18.2 Å². The standard InChI is InChI=1S/C12H16ClN3O.ClH/c1-14-12(17)10-3-2-9(8-11(10)13)16-6-4-15-5-7-16;/h2-3,8,15H,4-7H2,1H3,(H,14,17);1H. The second kappa shape index (κ2) is 6.83. The zero-order valence-electron chi connectivity index (χ0n) is 10.2. The first-order valence-electron chi connectivity index (χ1n) is 5.69. The Morgan fingerprint density at radius 1 is 1.39 bits per heavy atom. The number of hydrogen-bond donors (Lipinski definition) is 2. The first-order chi connectivity index (χ1) is 8.22. The molecule has 1 aliphatic heterocycles. The van der Waals surface area contributed by atoms with Crippen molar-refractivity contribution in [1.82, 2.24) is 10.6 Å². The molecular formula is C12H17Cl2N3O. The number of benzene rings is 1. The highest BCUT2D eigenvalue weighted by Gasteiger charge is 2.14. The van der Waals surface area contributed by atoms with Gasteiger partial charge in [-0.15, -0.1) is 12.4 Å². The minimum Gasteiger partial charge on any atom is -0.369 e. The molecule has 1 amide bonds. The molecule has 6 heteroatoms. The van der Waals surface area contributed by atoms with Crippen LogP contribution in [0.25, 0.3) is 0 Å².